The Morgan fingerprint density at radius 3 is 2.41 bits per heavy atom. The SMILES string of the molecule is CCOc1cccc(-c2n[nH]c(=S)n2N=Cc2c(OC)cc(OC)cc2OC)c1. The number of aromatic amines is 1. The minimum absolute atomic E-state index is 0.351. The van der Waals surface area contributed by atoms with Crippen LogP contribution in [-0.2, 0) is 0 Å². The summed E-state index contributed by atoms with van der Waals surface area (Å²) in [6.07, 6.45) is 1.61. The average Bonchev–Trinajstić information content (AvgIpc) is 3.12. The zero-order valence-corrected chi connectivity index (χ0v) is 17.4. The second-order valence-electron chi connectivity index (χ2n) is 5.82. The zero-order chi connectivity index (χ0) is 20.8. The minimum Gasteiger partial charge on any atom is -0.496 e. The van der Waals surface area contributed by atoms with Crippen molar-refractivity contribution in [1.29, 1.82) is 0 Å². The van der Waals surface area contributed by atoms with Crippen LogP contribution in [0.3, 0.4) is 0 Å². The van der Waals surface area contributed by atoms with Crippen LogP contribution in [0.5, 0.6) is 23.0 Å². The van der Waals surface area contributed by atoms with Gasteiger partial charge in [0.05, 0.1) is 39.7 Å². The third-order valence-electron chi connectivity index (χ3n) is 4.11. The van der Waals surface area contributed by atoms with E-state index in [2.05, 4.69) is 15.3 Å². The highest BCUT2D eigenvalue weighted by Gasteiger charge is 2.13. The van der Waals surface area contributed by atoms with Gasteiger partial charge in [0.25, 0.3) is 0 Å². The van der Waals surface area contributed by atoms with Gasteiger partial charge >= 0.3 is 0 Å². The van der Waals surface area contributed by atoms with E-state index in [1.807, 2.05) is 31.2 Å². The Hall–Kier alpha value is -3.33. The van der Waals surface area contributed by atoms with E-state index in [0.717, 1.165) is 11.3 Å². The molecule has 0 atom stereocenters. The molecule has 152 valence electrons. The molecule has 1 N–H and O–H groups in total. The van der Waals surface area contributed by atoms with E-state index < -0.39 is 0 Å². The fraction of sp³-hybridized carbons (Fsp3) is 0.250. The first-order valence-electron chi connectivity index (χ1n) is 8.86. The fourth-order valence-corrected chi connectivity index (χ4v) is 2.93. The van der Waals surface area contributed by atoms with Crippen LogP contribution in [0.4, 0.5) is 0 Å². The smallest absolute Gasteiger partial charge is 0.216 e. The Labute approximate surface area is 173 Å². The Morgan fingerprint density at radius 1 is 1.07 bits per heavy atom. The summed E-state index contributed by atoms with van der Waals surface area (Å²) in [5, 5.41) is 11.6. The molecule has 9 heteroatoms. The summed E-state index contributed by atoms with van der Waals surface area (Å²) in [6.45, 7) is 2.51. The largest absolute Gasteiger partial charge is 0.496 e. The van der Waals surface area contributed by atoms with Crippen LogP contribution in [0.1, 0.15) is 12.5 Å². The van der Waals surface area contributed by atoms with Gasteiger partial charge in [-0.15, -0.1) is 0 Å². The van der Waals surface area contributed by atoms with Crippen LogP contribution in [0.15, 0.2) is 41.5 Å². The molecule has 29 heavy (non-hydrogen) atoms. The van der Waals surface area contributed by atoms with Crippen molar-refractivity contribution in [2.45, 2.75) is 6.92 Å². The Balaban J connectivity index is 2.05. The Kier molecular flexibility index (Phi) is 6.50. The van der Waals surface area contributed by atoms with Gasteiger partial charge in [-0.05, 0) is 31.3 Å². The van der Waals surface area contributed by atoms with Gasteiger partial charge < -0.3 is 18.9 Å². The maximum absolute atomic E-state index is 5.57. The third-order valence-corrected chi connectivity index (χ3v) is 4.37. The molecular formula is C20H22N4O4S. The van der Waals surface area contributed by atoms with Gasteiger partial charge in [-0.2, -0.15) is 14.9 Å². The highest BCUT2D eigenvalue weighted by molar-refractivity contribution is 7.71. The molecule has 0 radical (unpaired) electrons. The molecule has 0 amide bonds. The summed E-state index contributed by atoms with van der Waals surface area (Å²) < 4.78 is 23.7. The van der Waals surface area contributed by atoms with E-state index in [-0.39, 0.29) is 0 Å². The molecule has 1 heterocycles. The lowest BCUT2D eigenvalue weighted by atomic mass is 10.2. The Morgan fingerprint density at radius 2 is 1.79 bits per heavy atom. The van der Waals surface area contributed by atoms with E-state index in [9.17, 15) is 0 Å². The topological polar surface area (TPSA) is 82.9 Å². The summed E-state index contributed by atoms with van der Waals surface area (Å²) in [5.41, 5.74) is 1.46. The maximum Gasteiger partial charge on any atom is 0.216 e. The van der Waals surface area contributed by atoms with Gasteiger partial charge in [0.1, 0.15) is 23.0 Å². The molecule has 0 aliphatic heterocycles. The van der Waals surface area contributed by atoms with Crippen LogP contribution >= 0.6 is 12.2 Å². The lowest BCUT2D eigenvalue weighted by Gasteiger charge is -2.12. The highest BCUT2D eigenvalue weighted by Crippen LogP contribution is 2.33. The van der Waals surface area contributed by atoms with Crippen molar-refractivity contribution >= 4 is 18.4 Å². The molecule has 0 unspecified atom stereocenters. The third kappa shape index (κ3) is 4.40. The first-order valence-corrected chi connectivity index (χ1v) is 9.27. The minimum atomic E-state index is 0.351. The predicted molar refractivity (Wildman–Crippen MR) is 113 cm³/mol. The second kappa shape index (κ2) is 9.24. The molecule has 0 aliphatic rings. The molecule has 2 aromatic carbocycles. The van der Waals surface area contributed by atoms with Crippen molar-refractivity contribution in [2.24, 2.45) is 5.10 Å². The lowest BCUT2D eigenvalue weighted by Crippen LogP contribution is -2.00. The van der Waals surface area contributed by atoms with Crippen LogP contribution in [0.25, 0.3) is 11.4 Å². The standard InChI is InChI=1S/C20H22N4O4S/c1-5-28-14-8-6-7-13(9-14)19-22-23-20(29)24(19)21-12-16-17(26-3)10-15(25-2)11-18(16)27-4/h6-12H,5H2,1-4H3,(H,23,29). The monoisotopic (exact) mass is 414 g/mol. The zero-order valence-electron chi connectivity index (χ0n) is 16.6. The number of rotatable bonds is 8. The van der Waals surface area contributed by atoms with Crippen LogP contribution in [0.2, 0.25) is 0 Å². The van der Waals surface area contributed by atoms with Crippen molar-refractivity contribution < 1.29 is 18.9 Å². The van der Waals surface area contributed by atoms with Crippen molar-refractivity contribution in [1.82, 2.24) is 14.9 Å². The number of hydrogen-bond acceptors (Lipinski definition) is 7. The molecule has 3 aromatic rings. The lowest BCUT2D eigenvalue weighted by molar-refractivity contribution is 0.340. The van der Waals surface area contributed by atoms with E-state index in [4.69, 9.17) is 31.2 Å². The number of ether oxygens (including phenoxy) is 4. The van der Waals surface area contributed by atoms with Gasteiger partial charge in [-0.1, -0.05) is 12.1 Å². The maximum atomic E-state index is 5.57. The van der Waals surface area contributed by atoms with Crippen LogP contribution in [-0.4, -0.2) is 49.0 Å². The molecule has 0 saturated heterocycles. The van der Waals surface area contributed by atoms with Gasteiger partial charge in [0, 0.05) is 17.7 Å². The second-order valence-corrected chi connectivity index (χ2v) is 6.20. The normalized spacial score (nSPS) is 10.9. The van der Waals surface area contributed by atoms with Crippen LogP contribution in [0, 0.1) is 4.77 Å². The Bertz CT molecular complexity index is 1050. The van der Waals surface area contributed by atoms with Crippen molar-refractivity contribution in [3.8, 4) is 34.4 Å². The molecule has 0 fully saturated rings. The van der Waals surface area contributed by atoms with Gasteiger partial charge in [-0.3, -0.25) is 0 Å². The summed E-state index contributed by atoms with van der Waals surface area (Å²) in [5.74, 6) is 3.02. The summed E-state index contributed by atoms with van der Waals surface area (Å²) in [7, 11) is 4.72. The molecule has 1 aromatic heterocycles. The summed E-state index contributed by atoms with van der Waals surface area (Å²) in [6, 6.07) is 11.1. The molecule has 3 rings (SSSR count). The van der Waals surface area contributed by atoms with Gasteiger partial charge in [0.2, 0.25) is 4.77 Å². The number of H-pyrrole nitrogens is 1. The molecule has 8 nitrogen and oxygen atoms in total. The van der Waals surface area contributed by atoms with Crippen LogP contribution < -0.4 is 18.9 Å². The van der Waals surface area contributed by atoms with Gasteiger partial charge in [0.15, 0.2) is 5.82 Å². The van der Waals surface area contributed by atoms with Crippen molar-refractivity contribution in [3.05, 3.63) is 46.7 Å². The van der Waals surface area contributed by atoms with E-state index in [1.54, 1.807) is 39.7 Å². The molecule has 0 bridgehead atoms. The summed E-state index contributed by atoms with van der Waals surface area (Å²) >= 11 is 5.35. The van der Waals surface area contributed by atoms with Gasteiger partial charge in [-0.25, -0.2) is 5.10 Å². The molecule has 0 saturated carbocycles. The number of nitrogens with one attached hydrogen (secondary N) is 1. The quantitative estimate of drug-likeness (QED) is 0.444. The first kappa shape index (κ1) is 20.4. The number of nitrogens with zero attached hydrogens (tertiary/aromatic N) is 3. The first-order chi connectivity index (χ1) is 14.1. The number of methoxy groups -OCH3 is 3. The average molecular weight is 414 g/mol. The number of hydrogen-bond donors (Lipinski definition) is 1. The van der Waals surface area contributed by atoms with Crippen molar-refractivity contribution in [3.63, 3.8) is 0 Å². The molecule has 0 aliphatic carbocycles. The summed E-state index contributed by atoms with van der Waals surface area (Å²) in [4.78, 5) is 0. The van der Waals surface area contributed by atoms with E-state index in [1.165, 1.54) is 4.68 Å². The number of aromatic nitrogens is 3. The van der Waals surface area contributed by atoms with E-state index in [0.29, 0.717) is 40.0 Å². The fourth-order valence-electron chi connectivity index (χ4n) is 2.75. The van der Waals surface area contributed by atoms with E-state index >= 15 is 0 Å². The van der Waals surface area contributed by atoms with Crippen molar-refractivity contribution in [2.75, 3.05) is 27.9 Å². The molecular weight excluding hydrogens is 392 g/mol. The molecule has 0 spiro atoms. The highest BCUT2D eigenvalue weighted by atomic mass is 32.1. The predicted octanol–water partition coefficient (Wildman–Crippen LogP) is 3.91. The number of benzene rings is 2.